The summed E-state index contributed by atoms with van der Waals surface area (Å²) in [6.07, 6.45) is -4.57. The van der Waals surface area contributed by atoms with Gasteiger partial charge in [-0.1, -0.05) is 11.6 Å². The number of amides is 1. The summed E-state index contributed by atoms with van der Waals surface area (Å²) in [6, 6.07) is 3.73. The first kappa shape index (κ1) is 16.5. The van der Waals surface area contributed by atoms with Crippen LogP contribution in [-0.4, -0.2) is 31.6 Å². The summed E-state index contributed by atoms with van der Waals surface area (Å²) >= 11 is 6.02. The van der Waals surface area contributed by atoms with E-state index in [-0.39, 0.29) is 16.9 Å². The van der Waals surface area contributed by atoms with Gasteiger partial charge < -0.3 is 20.1 Å². The van der Waals surface area contributed by atoms with Crippen molar-refractivity contribution in [3.05, 3.63) is 23.2 Å². The molecule has 0 spiro atoms. The summed E-state index contributed by atoms with van der Waals surface area (Å²) in [5, 5.41) is 0.126. The van der Waals surface area contributed by atoms with Crippen LogP contribution in [0.2, 0.25) is 5.02 Å². The van der Waals surface area contributed by atoms with E-state index in [1.165, 1.54) is 12.1 Å². The number of halogens is 4. The number of carbonyl (C=O) groups excluding carboxylic acids is 1. The Kier molecular flexibility index (Phi) is 4.90. The molecule has 0 aliphatic carbocycles. The Labute approximate surface area is 129 Å². The molecule has 1 aliphatic heterocycles. The third-order valence-corrected chi connectivity index (χ3v) is 3.46. The highest BCUT2D eigenvalue weighted by Crippen LogP contribution is 2.33. The van der Waals surface area contributed by atoms with Gasteiger partial charge in [0.05, 0.1) is 17.3 Å². The standard InChI is InChI=1S/C13H14ClF3N2O3/c14-10-6-8(22-13(15,16)17)3-4-11(10)19-5-1-2-9(7-19)21-12(18)20/h3-4,6,9H,1-2,5,7H2,(H2,18,20)/t9-/m1/s1. The van der Waals surface area contributed by atoms with Crippen LogP contribution in [0.3, 0.4) is 0 Å². The van der Waals surface area contributed by atoms with Crippen LogP contribution < -0.4 is 15.4 Å². The van der Waals surface area contributed by atoms with E-state index in [0.29, 0.717) is 25.2 Å². The van der Waals surface area contributed by atoms with Gasteiger partial charge in [0.1, 0.15) is 11.9 Å². The first-order chi connectivity index (χ1) is 10.2. The van der Waals surface area contributed by atoms with Crippen LogP contribution in [0.25, 0.3) is 0 Å². The van der Waals surface area contributed by atoms with E-state index in [1.54, 1.807) is 0 Å². The van der Waals surface area contributed by atoms with Crippen molar-refractivity contribution in [2.45, 2.75) is 25.3 Å². The van der Waals surface area contributed by atoms with Crippen LogP contribution in [0, 0.1) is 0 Å². The molecule has 0 aromatic heterocycles. The third kappa shape index (κ3) is 4.59. The number of hydrogen-bond acceptors (Lipinski definition) is 4. The molecule has 1 amide bonds. The molecule has 22 heavy (non-hydrogen) atoms. The highest BCUT2D eigenvalue weighted by atomic mass is 35.5. The second kappa shape index (κ2) is 6.51. The van der Waals surface area contributed by atoms with Crippen molar-refractivity contribution in [1.29, 1.82) is 0 Å². The van der Waals surface area contributed by atoms with Crippen molar-refractivity contribution in [1.82, 2.24) is 0 Å². The van der Waals surface area contributed by atoms with Gasteiger partial charge in [0.15, 0.2) is 0 Å². The second-order valence-electron chi connectivity index (χ2n) is 4.81. The summed E-state index contributed by atoms with van der Waals surface area (Å²) in [7, 11) is 0. The molecule has 1 aromatic rings. The third-order valence-electron chi connectivity index (χ3n) is 3.15. The molecule has 1 aliphatic rings. The van der Waals surface area contributed by atoms with E-state index in [2.05, 4.69) is 4.74 Å². The highest BCUT2D eigenvalue weighted by Gasteiger charge is 2.31. The maximum atomic E-state index is 12.2. The normalized spacial score (nSPS) is 18.9. The lowest BCUT2D eigenvalue weighted by Gasteiger charge is -2.34. The summed E-state index contributed by atoms with van der Waals surface area (Å²) in [5.74, 6) is -0.386. The zero-order chi connectivity index (χ0) is 16.3. The van der Waals surface area contributed by atoms with Gasteiger partial charge in [-0.3, -0.25) is 0 Å². The molecule has 9 heteroatoms. The lowest BCUT2D eigenvalue weighted by molar-refractivity contribution is -0.274. The van der Waals surface area contributed by atoms with Gasteiger partial charge in [-0.15, -0.1) is 13.2 Å². The van der Waals surface area contributed by atoms with Crippen molar-refractivity contribution in [3.8, 4) is 5.75 Å². The van der Waals surface area contributed by atoms with E-state index in [0.717, 1.165) is 12.5 Å². The molecule has 2 N–H and O–H groups in total. The van der Waals surface area contributed by atoms with E-state index in [4.69, 9.17) is 22.1 Å². The van der Waals surface area contributed by atoms with Crippen molar-refractivity contribution >= 4 is 23.4 Å². The van der Waals surface area contributed by atoms with Crippen molar-refractivity contribution in [2.24, 2.45) is 5.73 Å². The molecule has 1 atom stereocenters. The molecule has 1 saturated heterocycles. The molecule has 1 aromatic carbocycles. The number of ether oxygens (including phenoxy) is 2. The smallest absolute Gasteiger partial charge is 0.445 e. The Morgan fingerprint density at radius 1 is 1.41 bits per heavy atom. The lowest BCUT2D eigenvalue weighted by atomic mass is 10.1. The fourth-order valence-corrected chi connectivity index (χ4v) is 2.65. The van der Waals surface area contributed by atoms with Crippen LogP contribution in [-0.2, 0) is 4.74 Å². The average molecular weight is 339 g/mol. The van der Waals surface area contributed by atoms with E-state index in [9.17, 15) is 18.0 Å². The van der Waals surface area contributed by atoms with Crippen molar-refractivity contribution in [3.63, 3.8) is 0 Å². The molecule has 1 fully saturated rings. The quantitative estimate of drug-likeness (QED) is 0.918. The Morgan fingerprint density at radius 2 is 2.14 bits per heavy atom. The Morgan fingerprint density at radius 3 is 2.73 bits per heavy atom. The largest absolute Gasteiger partial charge is 0.573 e. The minimum atomic E-state index is -4.77. The number of benzene rings is 1. The number of nitrogens with two attached hydrogens (primary N) is 1. The maximum absolute atomic E-state index is 12.2. The van der Waals surface area contributed by atoms with Gasteiger partial charge >= 0.3 is 12.5 Å². The number of anilines is 1. The molecule has 0 unspecified atom stereocenters. The van der Waals surface area contributed by atoms with Gasteiger partial charge in [-0.25, -0.2) is 4.79 Å². The molecule has 5 nitrogen and oxygen atoms in total. The van der Waals surface area contributed by atoms with E-state index >= 15 is 0 Å². The molecule has 122 valence electrons. The molecule has 1 heterocycles. The highest BCUT2D eigenvalue weighted by molar-refractivity contribution is 6.33. The Hall–Kier alpha value is -1.83. The number of hydrogen-bond donors (Lipinski definition) is 1. The van der Waals surface area contributed by atoms with Gasteiger partial charge in [-0.05, 0) is 25.0 Å². The number of nitrogens with zero attached hydrogens (tertiary/aromatic N) is 1. The number of piperidine rings is 1. The molecular weight excluding hydrogens is 325 g/mol. The van der Waals surface area contributed by atoms with E-state index in [1.807, 2.05) is 4.90 Å². The first-order valence-electron chi connectivity index (χ1n) is 6.51. The van der Waals surface area contributed by atoms with Crippen LogP contribution in [0.4, 0.5) is 23.7 Å². The fourth-order valence-electron chi connectivity index (χ4n) is 2.36. The van der Waals surface area contributed by atoms with Gasteiger partial charge in [0.25, 0.3) is 0 Å². The molecule has 0 bridgehead atoms. The molecule has 0 radical (unpaired) electrons. The molecule has 0 saturated carbocycles. The maximum Gasteiger partial charge on any atom is 0.573 e. The number of carbonyl (C=O) groups is 1. The van der Waals surface area contributed by atoms with Crippen LogP contribution in [0.5, 0.6) is 5.75 Å². The minimum Gasteiger partial charge on any atom is -0.445 e. The Bertz CT molecular complexity index is 554. The monoisotopic (exact) mass is 338 g/mol. The Balaban J connectivity index is 2.10. The lowest BCUT2D eigenvalue weighted by Crippen LogP contribution is -2.41. The summed E-state index contributed by atoms with van der Waals surface area (Å²) in [5.41, 5.74) is 5.54. The predicted octanol–water partition coefficient (Wildman–Crippen LogP) is 3.30. The average Bonchev–Trinajstić information content (AvgIpc) is 2.36. The van der Waals surface area contributed by atoms with Crippen LogP contribution >= 0.6 is 11.6 Å². The van der Waals surface area contributed by atoms with Crippen molar-refractivity contribution < 1.29 is 27.4 Å². The SMILES string of the molecule is NC(=O)O[C@@H]1CCCN(c2ccc(OC(F)(F)F)cc2Cl)C1. The topological polar surface area (TPSA) is 64.8 Å². The van der Waals surface area contributed by atoms with Crippen molar-refractivity contribution in [2.75, 3.05) is 18.0 Å². The van der Waals surface area contributed by atoms with E-state index < -0.39 is 12.5 Å². The first-order valence-corrected chi connectivity index (χ1v) is 6.89. The summed E-state index contributed by atoms with van der Waals surface area (Å²) in [4.78, 5) is 12.6. The molecule has 2 rings (SSSR count). The predicted molar refractivity (Wildman–Crippen MR) is 74.0 cm³/mol. The fraction of sp³-hybridized carbons (Fsp3) is 0.462. The molecular formula is C13H14ClF3N2O3. The van der Waals surface area contributed by atoms with Gasteiger partial charge in [0.2, 0.25) is 0 Å². The van der Waals surface area contributed by atoms with Gasteiger partial charge in [-0.2, -0.15) is 0 Å². The second-order valence-corrected chi connectivity index (χ2v) is 5.22. The number of alkyl halides is 3. The minimum absolute atomic E-state index is 0.126. The number of rotatable bonds is 3. The van der Waals surface area contributed by atoms with Crippen LogP contribution in [0.15, 0.2) is 18.2 Å². The van der Waals surface area contributed by atoms with Crippen LogP contribution in [0.1, 0.15) is 12.8 Å². The van der Waals surface area contributed by atoms with Gasteiger partial charge in [0, 0.05) is 12.6 Å². The summed E-state index contributed by atoms with van der Waals surface area (Å²) < 4.78 is 45.3. The number of primary amides is 1. The summed E-state index contributed by atoms with van der Waals surface area (Å²) in [6.45, 7) is 1.03. The zero-order valence-electron chi connectivity index (χ0n) is 11.4. The zero-order valence-corrected chi connectivity index (χ0v) is 12.2.